The minimum atomic E-state index is 0.421. The maximum absolute atomic E-state index is 5.83. The number of hydrogen-bond acceptors (Lipinski definition) is 2. The zero-order valence-electron chi connectivity index (χ0n) is 11.7. The number of guanidine groups is 1. The van der Waals surface area contributed by atoms with Gasteiger partial charge in [0.1, 0.15) is 0 Å². The molecule has 0 aromatic heterocycles. The van der Waals surface area contributed by atoms with Crippen molar-refractivity contribution in [2.24, 2.45) is 5.73 Å². The van der Waals surface area contributed by atoms with Gasteiger partial charge in [0.05, 0.1) is 11.4 Å². The van der Waals surface area contributed by atoms with Crippen molar-refractivity contribution in [3.8, 4) is 0 Å². The van der Waals surface area contributed by atoms with E-state index in [2.05, 4.69) is 40.5 Å². The van der Waals surface area contributed by atoms with Crippen molar-refractivity contribution in [1.82, 2.24) is 5.32 Å². The fourth-order valence-corrected chi connectivity index (χ4v) is 1.39. The van der Waals surface area contributed by atoms with Crippen molar-refractivity contribution >= 4 is 46.5 Å². The van der Waals surface area contributed by atoms with Crippen molar-refractivity contribution in [2.75, 3.05) is 12.4 Å². The zero-order chi connectivity index (χ0) is 15.5. The number of nitrogens with one attached hydrogen (secondary N) is 3. The molecule has 110 valence electrons. The Labute approximate surface area is 135 Å². The molecule has 0 aliphatic carbocycles. The van der Waals surface area contributed by atoms with Crippen molar-refractivity contribution < 1.29 is 4.99 Å². The van der Waals surface area contributed by atoms with Gasteiger partial charge in [0.15, 0.2) is 0 Å². The highest BCUT2D eigenvalue weighted by atomic mass is 32.1. The Morgan fingerprint density at radius 1 is 1.05 bits per heavy atom. The third kappa shape index (κ3) is 7.86. The smallest absolute Gasteiger partial charge is 0.350 e. The lowest BCUT2D eigenvalue weighted by atomic mass is 10.3. The second kappa shape index (κ2) is 9.68. The van der Waals surface area contributed by atoms with E-state index in [0.29, 0.717) is 10.3 Å². The molecule has 6 heteroatoms. The summed E-state index contributed by atoms with van der Waals surface area (Å²) in [5.41, 5.74) is 7.76. The zero-order valence-corrected chi connectivity index (χ0v) is 13.3. The third-order valence-corrected chi connectivity index (χ3v) is 2.72. The maximum Gasteiger partial charge on any atom is 0.350 e. The Bertz CT molecular complexity index is 571. The number of hydrogen-bond donors (Lipinski definition) is 4. The Hall–Kier alpha value is -2.18. The average Bonchev–Trinajstić information content (AvgIpc) is 2.49. The monoisotopic (exact) mass is 318 g/mol. The SMILES string of the molecule is CNC(=S)[S-].NC(Nc1ccccc1)=[NH+]c1ccccc1. The molecule has 0 atom stereocenters. The summed E-state index contributed by atoms with van der Waals surface area (Å²) in [7, 11) is 1.70. The van der Waals surface area contributed by atoms with Crippen molar-refractivity contribution in [3.63, 3.8) is 0 Å². The van der Waals surface area contributed by atoms with E-state index in [9.17, 15) is 0 Å². The number of nitrogens with two attached hydrogens (primary N) is 1. The molecule has 0 aliphatic heterocycles. The summed E-state index contributed by atoms with van der Waals surface area (Å²) in [5.74, 6) is 0.511. The number of rotatable bonds is 2. The van der Waals surface area contributed by atoms with E-state index in [0.717, 1.165) is 11.4 Å². The van der Waals surface area contributed by atoms with Crippen LogP contribution in [0.4, 0.5) is 11.4 Å². The first-order valence-corrected chi connectivity index (χ1v) is 7.08. The molecular formula is C15H18N4S2. The van der Waals surface area contributed by atoms with Gasteiger partial charge in [0.25, 0.3) is 0 Å². The standard InChI is InChI=1S/C13H13N3.C2H5NS2/c14-13(15-11-7-3-1-4-8-11)16-12-9-5-2-6-10-12;1-3-2(4)5/h1-10H,(H3,14,15,16);1H3,(H2,3,4,5). The molecule has 0 heterocycles. The van der Waals surface area contributed by atoms with E-state index in [1.165, 1.54) is 0 Å². The molecule has 0 spiro atoms. The summed E-state index contributed by atoms with van der Waals surface area (Å²) >= 11 is 8.80. The fraction of sp³-hybridized carbons (Fsp3) is 0.0667. The molecular weight excluding hydrogens is 300 g/mol. The van der Waals surface area contributed by atoms with Crippen LogP contribution in [0, 0.1) is 0 Å². The Morgan fingerprint density at radius 3 is 2.00 bits per heavy atom. The molecule has 4 nitrogen and oxygen atoms in total. The first-order chi connectivity index (χ1) is 10.1. The van der Waals surface area contributed by atoms with Crippen LogP contribution in [0.3, 0.4) is 0 Å². The van der Waals surface area contributed by atoms with E-state index < -0.39 is 0 Å². The van der Waals surface area contributed by atoms with Gasteiger partial charge in [-0.15, -0.1) is 0 Å². The molecule has 0 saturated heterocycles. The quantitative estimate of drug-likeness (QED) is 0.286. The highest BCUT2D eigenvalue weighted by molar-refractivity contribution is 8.00. The maximum atomic E-state index is 5.83. The predicted molar refractivity (Wildman–Crippen MR) is 95.3 cm³/mol. The Kier molecular flexibility index (Phi) is 7.78. The first kappa shape index (κ1) is 16.9. The molecule has 2 rings (SSSR count). The minimum absolute atomic E-state index is 0.421. The summed E-state index contributed by atoms with van der Waals surface area (Å²) in [4.78, 5) is 3.07. The third-order valence-electron chi connectivity index (χ3n) is 2.31. The second-order valence-corrected chi connectivity index (χ2v) is 5.01. The number of para-hydroxylation sites is 2. The molecule has 5 N–H and O–H groups in total. The highest BCUT2D eigenvalue weighted by Gasteiger charge is 2.00. The second-order valence-electron chi connectivity index (χ2n) is 3.93. The van der Waals surface area contributed by atoms with Crippen LogP contribution < -0.4 is 21.4 Å². The van der Waals surface area contributed by atoms with Crippen LogP contribution in [0.1, 0.15) is 0 Å². The lowest BCUT2D eigenvalue weighted by Crippen LogP contribution is -2.71. The van der Waals surface area contributed by atoms with Crippen LogP contribution in [-0.4, -0.2) is 17.3 Å². The Morgan fingerprint density at radius 2 is 1.52 bits per heavy atom. The summed E-state index contributed by atoms with van der Waals surface area (Å²) < 4.78 is 0.421. The van der Waals surface area contributed by atoms with Gasteiger partial charge in [-0.3, -0.25) is 5.73 Å². The Balaban J connectivity index is 0.000000383. The van der Waals surface area contributed by atoms with E-state index in [4.69, 9.17) is 5.73 Å². The number of thiocarbonyl (C=S) groups is 1. The fourth-order valence-electron chi connectivity index (χ4n) is 1.39. The van der Waals surface area contributed by atoms with E-state index >= 15 is 0 Å². The number of anilines is 1. The van der Waals surface area contributed by atoms with Crippen LogP contribution in [0.5, 0.6) is 0 Å². The first-order valence-electron chi connectivity index (χ1n) is 6.27. The minimum Gasteiger partial charge on any atom is -0.412 e. The van der Waals surface area contributed by atoms with Crippen LogP contribution in [-0.2, 0) is 12.6 Å². The van der Waals surface area contributed by atoms with Gasteiger partial charge >= 0.3 is 5.96 Å². The lowest BCUT2D eigenvalue weighted by Gasteiger charge is -1.98. The molecule has 0 amide bonds. The van der Waals surface area contributed by atoms with E-state index in [-0.39, 0.29) is 0 Å². The van der Waals surface area contributed by atoms with Gasteiger partial charge in [-0.05, 0) is 24.3 Å². The summed E-state index contributed by atoms with van der Waals surface area (Å²) in [6.45, 7) is 0. The van der Waals surface area contributed by atoms with Crippen molar-refractivity contribution in [3.05, 3.63) is 60.7 Å². The van der Waals surface area contributed by atoms with Gasteiger partial charge in [0.2, 0.25) is 0 Å². The van der Waals surface area contributed by atoms with Crippen LogP contribution >= 0.6 is 12.2 Å². The molecule has 0 fully saturated rings. The molecule has 2 aromatic carbocycles. The average molecular weight is 318 g/mol. The topological polar surface area (TPSA) is 64.0 Å². The van der Waals surface area contributed by atoms with Crippen LogP contribution in [0.25, 0.3) is 0 Å². The summed E-state index contributed by atoms with van der Waals surface area (Å²) in [6, 6.07) is 19.6. The molecule has 0 aliphatic rings. The van der Waals surface area contributed by atoms with E-state index in [1.807, 2.05) is 60.7 Å². The van der Waals surface area contributed by atoms with Gasteiger partial charge in [-0.2, -0.15) is 0 Å². The van der Waals surface area contributed by atoms with Gasteiger partial charge in [-0.1, -0.05) is 40.7 Å². The molecule has 0 saturated carbocycles. The van der Waals surface area contributed by atoms with Crippen molar-refractivity contribution in [2.45, 2.75) is 0 Å². The lowest BCUT2D eigenvalue weighted by molar-refractivity contribution is -0.354. The normalized spacial score (nSPS) is 10.0. The van der Waals surface area contributed by atoms with Crippen LogP contribution in [0.2, 0.25) is 0 Å². The largest absolute Gasteiger partial charge is 0.412 e. The highest BCUT2D eigenvalue weighted by Crippen LogP contribution is 2.03. The van der Waals surface area contributed by atoms with Gasteiger partial charge in [0, 0.05) is 7.05 Å². The van der Waals surface area contributed by atoms with Crippen molar-refractivity contribution in [1.29, 1.82) is 0 Å². The molecule has 0 unspecified atom stereocenters. The molecule has 21 heavy (non-hydrogen) atoms. The summed E-state index contributed by atoms with van der Waals surface area (Å²) in [6.07, 6.45) is 0. The molecule has 0 bridgehead atoms. The van der Waals surface area contributed by atoms with Crippen LogP contribution in [0.15, 0.2) is 60.7 Å². The van der Waals surface area contributed by atoms with Gasteiger partial charge in [-0.25, -0.2) is 10.3 Å². The molecule has 2 aromatic rings. The predicted octanol–water partition coefficient (Wildman–Crippen LogP) is 0.863. The number of benzene rings is 2. The van der Waals surface area contributed by atoms with Gasteiger partial charge < -0.3 is 30.2 Å². The van der Waals surface area contributed by atoms with E-state index in [1.54, 1.807) is 7.05 Å². The summed E-state index contributed by atoms with van der Waals surface area (Å²) in [5, 5.41) is 5.65. The molecule has 0 radical (unpaired) electrons.